The number of imidazole rings is 1. The van der Waals surface area contributed by atoms with E-state index in [4.69, 9.17) is 0 Å². The van der Waals surface area contributed by atoms with E-state index >= 15 is 0 Å². The molecule has 0 saturated carbocycles. The number of aromatic nitrogens is 2. The van der Waals surface area contributed by atoms with Crippen LogP contribution in [0.1, 0.15) is 18.2 Å². The van der Waals surface area contributed by atoms with Crippen molar-refractivity contribution in [3.05, 3.63) is 65.9 Å². The summed E-state index contributed by atoms with van der Waals surface area (Å²) in [5, 5.41) is 0. The van der Waals surface area contributed by atoms with E-state index in [-0.39, 0.29) is 0 Å². The first-order chi connectivity index (χ1) is 11.0. The van der Waals surface area contributed by atoms with Gasteiger partial charge in [-0.1, -0.05) is 48.5 Å². The first-order valence-electron chi connectivity index (χ1n) is 7.49. The number of rotatable bonds is 4. The molecule has 1 aromatic heterocycles. The van der Waals surface area contributed by atoms with Gasteiger partial charge in [0.25, 0.3) is 0 Å². The van der Waals surface area contributed by atoms with Crippen LogP contribution in [0.4, 0.5) is 8.78 Å². The monoisotopic (exact) mass is 312 g/mol. The quantitative estimate of drug-likeness (QED) is 0.704. The van der Waals surface area contributed by atoms with Crippen LogP contribution in [0.2, 0.25) is 0 Å². The highest BCUT2D eigenvalue weighted by atomic mass is 19.2. The Morgan fingerprint density at radius 1 is 1.04 bits per heavy atom. The van der Waals surface area contributed by atoms with Crippen LogP contribution in [0.25, 0.3) is 22.6 Å². The minimum absolute atomic E-state index is 0.321. The van der Waals surface area contributed by atoms with Gasteiger partial charge in [0.05, 0.1) is 5.69 Å². The number of aryl methyl sites for hydroxylation is 1. The highest BCUT2D eigenvalue weighted by Gasteiger charge is 2.26. The minimum atomic E-state index is -1.98. The summed E-state index contributed by atoms with van der Waals surface area (Å²) < 4.78 is 27.1. The van der Waals surface area contributed by atoms with Crippen molar-refractivity contribution in [1.82, 2.24) is 9.97 Å². The van der Waals surface area contributed by atoms with Crippen molar-refractivity contribution in [2.75, 3.05) is 6.67 Å². The minimum Gasteiger partial charge on any atom is -0.342 e. The van der Waals surface area contributed by atoms with Gasteiger partial charge >= 0.3 is 0 Å². The third-order valence-electron chi connectivity index (χ3n) is 3.92. The fourth-order valence-corrected chi connectivity index (χ4v) is 2.54. The zero-order valence-corrected chi connectivity index (χ0v) is 13.1. The Kier molecular flexibility index (Phi) is 3.99. The van der Waals surface area contributed by atoms with Crippen LogP contribution in [0, 0.1) is 6.92 Å². The third kappa shape index (κ3) is 3.02. The van der Waals surface area contributed by atoms with Crippen LogP contribution in [0.3, 0.4) is 0 Å². The molecule has 0 spiro atoms. The van der Waals surface area contributed by atoms with Crippen molar-refractivity contribution in [1.29, 1.82) is 0 Å². The number of hydrogen-bond donors (Lipinski definition) is 1. The zero-order chi connectivity index (χ0) is 16.4. The molecule has 0 aliphatic carbocycles. The maximum absolute atomic E-state index is 14.2. The average Bonchev–Trinajstić information content (AvgIpc) is 2.98. The lowest BCUT2D eigenvalue weighted by atomic mass is 9.96. The first-order valence-corrected chi connectivity index (χ1v) is 7.49. The van der Waals surface area contributed by atoms with Gasteiger partial charge in [0, 0.05) is 16.8 Å². The molecular formula is C19H18F2N2. The summed E-state index contributed by atoms with van der Waals surface area (Å²) in [4.78, 5) is 7.88. The van der Waals surface area contributed by atoms with Gasteiger partial charge in [-0.05, 0) is 25.5 Å². The lowest BCUT2D eigenvalue weighted by Crippen LogP contribution is -2.17. The van der Waals surface area contributed by atoms with Crippen LogP contribution >= 0.6 is 0 Å². The second-order valence-corrected chi connectivity index (χ2v) is 5.84. The van der Waals surface area contributed by atoms with Crippen molar-refractivity contribution in [2.45, 2.75) is 19.5 Å². The fraction of sp³-hybridized carbons (Fsp3) is 0.211. The molecule has 0 saturated heterocycles. The first kappa shape index (κ1) is 15.4. The predicted octanol–water partition coefficient (Wildman–Crippen LogP) is 5.21. The van der Waals surface area contributed by atoms with E-state index in [2.05, 4.69) is 9.97 Å². The number of hydrogen-bond acceptors (Lipinski definition) is 1. The standard InChI is InChI=1S/C19H18F2N2/c1-13-17(23-18(22-13)14-7-4-3-5-8-14)15-9-6-10-16(11-15)19(2,21)12-20/h3-11H,12H2,1-2H3,(H,22,23). The van der Waals surface area contributed by atoms with Gasteiger partial charge in [-0.3, -0.25) is 0 Å². The molecule has 118 valence electrons. The predicted molar refractivity (Wildman–Crippen MR) is 88.6 cm³/mol. The van der Waals surface area contributed by atoms with E-state index in [1.807, 2.05) is 43.3 Å². The Bertz CT molecular complexity index is 807. The Hall–Kier alpha value is -2.49. The normalized spacial score (nSPS) is 13.7. The van der Waals surface area contributed by atoms with Crippen LogP contribution in [0.15, 0.2) is 54.6 Å². The number of nitrogens with one attached hydrogen (secondary N) is 1. The van der Waals surface area contributed by atoms with Crippen LogP contribution < -0.4 is 0 Å². The molecule has 0 amide bonds. The Balaban J connectivity index is 2.03. The number of benzene rings is 2. The van der Waals surface area contributed by atoms with Gasteiger partial charge in [-0.25, -0.2) is 13.8 Å². The molecule has 1 atom stereocenters. The number of alkyl halides is 2. The lowest BCUT2D eigenvalue weighted by molar-refractivity contribution is 0.142. The van der Waals surface area contributed by atoms with E-state index in [0.717, 1.165) is 28.3 Å². The molecule has 0 aliphatic rings. The molecular weight excluding hydrogens is 294 g/mol. The van der Waals surface area contributed by atoms with Gasteiger partial charge in [0.2, 0.25) is 0 Å². The molecule has 1 unspecified atom stereocenters. The second-order valence-electron chi connectivity index (χ2n) is 5.84. The Morgan fingerprint density at radius 3 is 2.43 bits per heavy atom. The van der Waals surface area contributed by atoms with Crippen molar-refractivity contribution in [3.63, 3.8) is 0 Å². The summed E-state index contributed by atoms with van der Waals surface area (Å²) in [7, 11) is 0. The van der Waals surface area contributed by atoms with Crippen LogP contribution in [-0.2, 0) is 5.67 Å². The molecule has 0 radical (unpaired) electrons. The molecule has 1 heterocycles. The van der Waals surface area contributed by atoms with Crippen LogP contribution in [-0.4, -0.2) is 16.6 Å². The summed E-state index contributed by atoms with van der Waals surface area (Å²) in [6.07, 6.45) is 0. The van der Waals surface area contributed by atoms with E-state index in [1.54, 1.807) is 18.2 Å². The number of H-pyrrole nitrogens is 1. The SMILES string of the molecule is Cc1[nH]c(-c2ccccc2)nc1-c1cccc(C(C)(F)CF)c1. The molecule has 3 aromatic rings. The molecule has 0 fully saturated rings. The second kappa shape index (κ2) is 5.95. The van der Waals surface area contributed by atoms with Gasteiger partial charge in [0.15, 0.2) is 5.67 Å². The average molecular weight is 312 g/mol. The number of halogens is 2. The van der Waals surface area contributed by atoms with Gasteiger partial charge in [0.1, 0.15) is 12.5 Å². The van der Waals surface area contributed by atoms with Crippen molar-refractivity contribution < 1.29 is 8.78 Å². The summed E-state index contributed by atoms with van der Waals surface area (Å²) in [6, 6.07) is 16.6. The molecule has 23 heavy (non-hydrogen) atoms. The van der Waals surface area contributed by atoms with E-state index in [9.17, 15) is 8.78 Å². The molecule has 0 bridgehead atoms. The largest absolute Gasteiger partial charge is 0.342 e. The highest BCUT2D eigenvalue weighted by Crippen LogP contribution is 2.31. The van der Waals surface area contributed by atoms with Crippen molar-refractivity contribution >= 4 is 0 Å². The molecule has 0 aliphatic heterocycles. The molecule has 1 N–H and O–H groups in total. The third-order valence-corrected chi connectivity index (χ3v) is 3.92. The van der Waals surface area contributed by atoms with Gasteiger partial charge in [-0.2, -0.15) is 0 Å². The Morgan fingerprint density at radius 2 is 1.74 bits per heavy atom. The molecule has 2 nitrogen and oxygen atoms in total. The smallest absolute Gasteiger partial charge is 0.161 e. The zero-order valence-electron chi connectivity index (χ0n) is 13.1. The topological polar surface area (TPSA) is 28.7 Å². The maximum Gasteiger partial charge on any atom is 0.161 e. The van der Waals surface area contributed by atoms with Crippen LogP contribution in [0.5, 0.6) is 0 Å². The molecule has 2 aromatic carbocycles. The Labute approximate surface area is 134 Å². The maximum atomic E-state index is 14.2. The summed E-state index contributed by atoms with van der Waals surface area (Å²) in [5.74, 6) is 0.761. The summed E-state index contributed by atoms with van der Waals surface area (Å²) in [5.41, 5.74) is 1.74. The number of aromatic amines is 1. The van der Waals surface area contributed by atoms with E-state index in [1.165, 1.54) is 6.92 Å². The highest BCUT2D eigenvalue weighted by molar-refractivity contribution is 5.68. The van der Waals surface area contributed by atoms with E-state index in [0.29, 0.717) is 5.56 Å². The lowest BCUT2D eigenvalue weighted by Gasteiger charge is -2.17. The van der Waals surface area contributed by atoms with Crippen molar-refractivity contribution in [2.24, 2.45) is 0 Å². The molecule has 3 rings (SSSR count). The van der Waals surface area contributed by atoms with Gasteiger partial charge in [-0.15, -0.1) is 0 Å². The van der Waals surface area contributed by atoms with Gasteiger partial charge < -0.3 is 4.98 Å². The fourth-order valence-electron chi connectivity index (χ4n) is 2.54. The van der Waals surface area contributed by atoms with Crippen molar-refractivity contribution in [3.8, 4) is 22.6 Å². The summed E-state index contributed by atoms with van der Waals surface area (Å²) in [6.45, 7) is 2.12. The molecule has 4 heteroatoms. The van der Waals surface area contributed by atoms with E-state index < -0.39 is 12.3 Å². The number of nitrogens with zero attached hydrogens (tertiary/aromatic N) is 1. The summed E-state index contributed by atoms with van der Waals surface area (Å²) >= 11 is 0.